The van der Waals surface area contributed by atoms with Gasteiger partial charge >= 0.3 is 12.1 Å². The molecular weight excluding hydrogens is 394 g/mol. The van der Waals surface area contributed by atoms with E-state index in [-0.39, 0.29) is 11.4 Å². The van der Waals surface area contributed by atoms with Gasteiger partial charge in [0.1, 0.15) is 5.83 Å². The number of carbonyl (C=O) groups is 1. The number of rotatable bonds is 6. The van der Waals surface area contributed by atoms with E-state index in [1.54, 1.807) is 19.1 Å². The molecule has 0 saturated carbocycles. The largest absolute Gasteiger partial charge is 0.471 e. The Morgan fingerprint density at radius 1 is 1.37 bits per heavy atom. The summed E-state index contributed by atoms with van der Waals surface area (Å²) in [6.07, 6.45) is -4.02. The minimum atomic E-state index is -4.73. The molecule has 0 aliphatic heterocycles. The van der Waals surface area contributed by atoms with Crippen molar-refractivity contribution in [2.24, 2.45) is 0 Å². The third-order valence-electron chi connectivity index (χ3n) is 3.49. The first-order chi connectivity index (χ1) is 12.7. The molecule has 1 heterocycles. The van der Waals surface area contributed by atoms with Crippen LogP contribution >= 0.6 is 11.6 Å². The maximum atomic E-state index is 13.2. The molecular formula is C16H14ClF4N3O3. The molecule has 2 rings (SSSR count). The first-order valence-corrected chi connectivity index (χ1v) is 8.01. The molecule has 1 unspecified atom stereocenters. The zero-order valence-electron chi connectivity index (χ0n) is 14.1. The maximum absolute atomic E-state index is 13.2. The molecule has 1 aromatic heterocycles. The average Bonchev–Trinajstić information content (AvgIpc) is 3.12. The van der Waals surface area contributed by atoms with Gasteiger partial charge in [0.15, 0.2) is 0 Å². The summed E-state index contributed by atoms with van der Waals surface area (Å²) in [6.45, 7) is 1.62. The first kappa shape index (κ1) is 20.8. The fourth-order valence-electron chi connectivity index (χ4n) is 2.18. The number of allylic oxidation sites excluding steroid dienone is 1. The van der Waals surface area contributed by atoms with E-state index < -0.39 is 35.7 Å². The van der Waals surface area contributed by atoms with Crippen molar-refractivity contribution in [2.45, 2.75) is 19.1 Å². The summed E-state index contributed by atoms with van der Waals surface area (Å²) in [5, 5.41) is 4.22. The molecule has 6 nitrogen and oxygen atoms in total. The van der Waals surface area contributed by atoms with Gasteiger partial charge in [-0.1, -0.05) is 29.4 Å². The zero-order chi connectivity index (χ0) is 20.2. The molecule has 1 amide bonds. The summed E-state index contributed by atoms with van der Waals surface area (Å²) in [7, 11) is 1.24. The van der Waals surface area contributed by atoms with Crippen LogP contribution in [0.3, 0.4) is 0 Å². The van der Waals surface area contributed by atoms with E-state index in [0.29, 0.717) is 11.6 Å². The third kappa shape index (κ3) is 5.04. The van der Waals surface area contributed by atoms with Gasteiger partial charge in [-0.15, -0.1) is 11.6 Å². The second kappa shape index (κ2) is 8.49. The van der Waals surface area contributed by atoms with Crippen LogP contribution in [-0.2, 0) is 15.8 Å². The molecule has 2 aromatic rings. The lowest BCUT2D eigenvalue weighted by Gasteiger charge is -2.25. The highest BCUT2D eigenvalue weighted by atomic mass is 35.5. The number of aromatic nitrogens is 2. The van der Waals surface area contributed by atoms with Crippen molar-refractivity contribution < 1.29 is 31.7 Å². The molecule has 0 fully saturated rings. The Labute approximate surface area is 156 Å². The van der Waals surface area contributed by atoms with Crippen molar-refractivity contribution in [3.8, 4) is 11.4 Å². The topological polar surface area (TPSA) is 68.5 Å². The highest BCUT2D eigenvalue weighted by Crippen LogP contribution is 2.30. The molecule has 0 N–H and O–H groups in total. The number of hydrogen-bond acceptors (Lipinski definition) is 5. The van der Waals surface area contributed by atoms with E-state index in [4.69, 9.17) is 16.4 Å². The summed E-state index contributed by atoms with van der Waals surface area (Å²) < 4.78 is 54.9. The number of benzene rings is 1. The van der Waals surface area contributed by atoms with E-state index >= 15 is 0 Å². The summed E-state index contributed by atoms with van der Waals surface area (Å²) >= 11 is 5.30. The Balaban J connectivity index is 2.20. The fraction of sp³-hybridized carbons (Fsp3) is 0.312. The van der Waals surface area contributed by atoms with Gasteiger partial charge in [-0.05, 0) is 12.5 Å². The van der Waals surface area contributed by atoms with Crippen molar-refractivity contribution in [3.05, 3.63) is 47.6 Å². The molecule has 0 aliphatic rings. The van der Waals surface area contributed by atoms with E-state index in [1.165, 1.54) is 19.2 Å². The number of alkyl halides is 4. The zero-order valence-corrected chi connectivity index (χ0v) is 14.9. The van der Waals surface area contributed by atoms with Gasteiger partial charge in [0.05, 0.1) is 19.0 Å². The van der Waals surface area contributed by atoms with E-state index in [2.05, 4.69) is 14.7 Å². The lowest BCUT2D eigenvalue weighted by molar-refractivity contribution is -0.182. The maximum Gasteiger partial charge on any atom is 0.471 e. The normalized spacial score (nSPS) is 13.5. The summed E-state index contributed by atoms with van der Waals surface area (Å²) in [5.74, 6) is -3.69. The van der Waals surface area contributed by atoms with Gasteiger partial charge in [0.25, 0.3) is 5.91 Å². The molecule has 27 heavy (non-hydrogen) atoms. The number of hydrogen-bond donors (Lipinski definition) is 0. The van der Waals surface area contributed by atoms with Gasteiger partial charge in [0, 0.05) is 11.6 Å². The number of hydroxylamine groups is 2. The molecule has 0 spiro atoms. The molecule has 11 heteroatoms. The second-order valence-corrected chi connectivity index (χ2v) is 5.56. The van der Waals surface area contributed by atoms with Crippen LogP contribution in [0.1, 0.15) is 24.4 Å². The summed E-state index contributed by atoms with van der Waals surface area (Å²) in [5.41, 5.74) is 0.863. The Kier molecular flexibility index (Phi) is 6.55. The standard InChI is InChI=1S/C16H14ClF4N3O3/c1-9(24(26-2)13(25)7-12(18)8-17)10-3-5-11(6-4-10)14-22-15(27-23-14)16(19,20)21/h3-7,9H,8H2,1-2H3. The van der Waals surface area contributed by atoms with Crippen molar-refractivity contribution >= 4 is 17.5 Å². The molecule has 0 saturated heterocycles. The van der Waals surface area contributed by atoms with Gasteiger partial charge < -0.3 is 4.52 Å². The third-order valence-corrected chi connectivity index (χ3v) is 3.75. The monoisotopic (exact) mass is 407 g/mol. The number of amides is 1. The Hall–Kier alpha value is -2.46. The Bertz CT molecular complexity index is 821. The molecule has 0 bridgehead atoms. The van der Waals surface area contributed by atoms with Crippen molar-refractivity contribution in [1.29, 1.82) is 0 Å². The smallest absolute Gasteiger partial charge is 0.329 e. The first-order valence-electron chi connectivity index (χ1n) is 7.48. The lowest BCUT2D eigenvalue weighted by atomic mass is 10.1. The van der Waals surface area contributed by atoms with Crippen LogP contribution in [0.25, 0.3) is 11.4 Å². The van der Waals surface area contributed by atoms with Gasteiger partial charge in [0.2, 0.25) is 5.82 Å². The van der Waals surface area contributed by atoms with Crippen LogP contribution in [-0.4, -0.2) is 34.1 Å². The summed E-state index contributed by atoms with van der Waals surface area (Å²) in [4.78, 5) is 20.3. The second-order valence-electron chi connectivity index (χ2n) is 5.29. The predicted molar refractivity (Wildman–Crippen MR) is 86.9 cm³/mol. The highest BCUT2D eigenvalue weighted by Gasteiger charge is 2.38. The van der Waals surface area contributed by atoms with Gasteiger partial charge in [-0.25, -0.2) is 9.45 Å². The van der Waals surface area contributed by atoms with Gasteiger partial charge in [-0.3, -0.25) is 9.63 Å². The number of halogens is 5. The Morgan fingerprint density at radius 2 is 2.00 bits per heavy atom. The molecule has 1 atom stereocenters. The predicted octanol–water partition coefficient (Wildman–Crippen LogP) is 4.30. The SMILES string of the molecule is CON(C(=O)C=C(F)CCl)C(C)c1ccc(-c2noc(C(F)(F)F)n2)cc1. The van der Waals surface area contributed by atoms with Gasteiger partial charge in [-0.2, -0.15) is 18.2 Å². The number of nitrogens with zero attached hydrogens (tertiary/aromatic N) is 3. The average molecular weight is 408 g/mol. The van der Waals surface area contributed by atoms with E-state index in [0.717, 1.165) is 5.06 Å². The molecule has 0 aliphatic carbocycles. The minimum Gasteiger partial charge on any atom is -0.329 e. The molecule has 1 aromatic carbocycles. The van der Waals surface area contributed by atoms with Crippen LogP contribution in [0.4, 0.5) is 17.6 Å². The van der Waals surface area contributed by atoms with E-state index in [1.807, 2.05) is 0 Å². The van der Waals surface area contributed by atoms with Crippen molar-refractivity contribution in [3.63, 3.8) is 0 Å². The lowest BCUT2D eigenvalue weighted by Crippen LogP contribution is -2.31. The fourth-order valence-corrected chi connectivity index (χ4v) is 2.25. The minimum absolute atomic E-state index is 0.228. The highest BCUT2D eigenvalue weighted by molar-refractivity contribution is 6.19. The Morgan fingerprint density at radius 3 is 2.48 bits per heavy atom. The molecule has 0 radical (unpaired) electrons. The van der Waals surface area contributed by atoms with Crippen LogP contribution in [0.2, 0.25) is 0 Å². The van der Waals surface area contributed by atoms with Crippen LogP contribution < -0.4 is 0 Å². The number of carbonyl (C=O) groups excluding carboxylic acids is 1. The van der Waals surface area contributed by atoms with Crippen LogP contribution in [0, 0.1) is 0 Å². The van der Waals surface area contributed by atoms with Crippen molar-refractivity contribution in [1.82, 2.24) is 15.2 Å². The molecule has 146 valence electrons. The van der Waals surface area contributed by atoms with E-state index in [9.17, 15) is 22.4 Å². The van der Waals surface area contributed by atoms with Crippen LogP contribution in [0.5, 0.6) is 0 Å². The van der Waals surface area contributed by atoms with Crippen LogP contribution in [0.15, 0.2) is 40.7 Å². The summed E-state index contributed by atoms with van der Waals surface area (Å²) in [6, 6.07) is 5.40. The van der Waals surface area contributed by atoms with Crippen molar-refractivity contribution in [2.75, 3.05) is 13.0 Å². The quantitative estimate of drug-likeness (QED) is 0.309.